The topological polar surface area (TPSA) is 90.2 Å². The number of anilines is 1. The molecular formula is C14H16N2O3. The second-order valence-electron chi connectivity index (χ2n) is 4.26. The molecule has 0 aromatic heterocycles. The van der Waals surface area contributed by atoms with Gasteiger partial charge in [-0.1, -0.05) is 13.3 Å². The molecule has 1 aromatic carbocycles. The second kappa shape index (κ2) is 7.17. The largest absolute Gasteiger partial charge is 0.481 e. The van der Waals surface area contributed by atoms with Crippen LogP contribution in [0.5, 0.6) is 0 Å². The smallest absolute Gasteiger partial charge is 0.304 e. The Kier molecular flexibility index (Phi) is 5.55. The van der Waals surface area contributed by atoms with E-state index in [-0.39, 0.29) is 12.3 Å². The SMILES string of the molecule is CCCC(CC(=O)O)C(=O)Nc1ccc(C#N)cc1. The van der Waals surface area contributed by atoms with Crippen LogP contribution in [0.3, 0.4) is 0 Å². The van der Waals surface area contributed by atoms with Crippen molar-refractivity contribution in [1.82, 2.24) is 0 Å². The van der Waals surface area contributed by atoms with Gasteiger partial charge in [0.05, 0.1) is 18.1 Å². The number of hydrogen-bond donors (Lipinski definition) is 2. The van der Waals surface area contributed by atoms with E-state index in [2.05, 4.69) is 5.32 Å². The summed E-state index contributed by atoms with van der Waals surface area (Å²) in [4.78, 5) is 22.7. The van der Waals surface area contributed by atoms with Gasteiger partial charge in [0.15, 0.2) is 0 Å². The number of nitrogens with zero attached hydrogens (tertiary/aromatic N) is 1. The van der Waals surface area contributed by atoms with Crippen LogP contribution < -0.4 is 5.32 Å². The molecule has 1 rings (SSSR count). The van der Waals surface area contributed by atoms with Crippen LogP contribution >= 0.6 is 0 Å². The molecule has 0 fully saturated rings. The molecule has 0 saturated carbocycles. The summed E-state index contributed by atoms with van der Waals surface area (Å²) in [6.07, 6.45) is 1.11. The number of carboxylic acid groups (broad SMARTS) is 1. The Morgan fingerprint density at radius 1 is 1.37 bits per heavy atom. The molecule has 0 saturated heterocycles. The minimum atomic E-state index is -0.978. The van der Waals surface area contributed by atoms with Crippen molar-refractivity contribution in [2.24, 2.45) is 5.92 Å². The summed E-state index contributed by atoms with van der Waals surface area (Å²) < 4.78 is 0. The lowest BCUT2D eigenvalue weighted by atomic mass is 9.99. The van der Waals surface area contributed by atoms with Gasteiger partial charge in [0.2, 0.25) is 5.91 Å². The first-order chi connectivity index (χ1) is 9.06. The molecule has 0 aliphatic rings. The summed E-state index contributed by atoms with van der Waals surface area (Å²) >= 11 is 0. The number of nitriles is 1. The molecule has 0 spiro atoms. The third-order valence-electron chi connectivity index (χ3n) is 2.71. The van der Waals surface area contributed by atoms with Gasteiger partial charge in [0.1, 0.15) is 0 Å². The quantitative estimate of drug-likeness (QED) is 0.821. The van der Waals surface area contributed by atoms with Gasteiger partial charge < -0.3 is 10.4 Å². The van der Waals surface area contributed by atoms with E-state index in [1.54, 1.807) is 24.3 Å². The molecule has 19 heavy (non-hydrogen) atoms. The molecule has 5 nitrogen and oxygen atoms in total. The zero-order valence-corrected chi connectivity index (χ0v) is 10.7. The Hall–Kier alpha value is -2.35. The standard InChI is InChI=1S/C14H16N2O3/c1-2-3-11(8-13(17)18)14(19)16-12-6-4-10(9-15)5-7-12/h4-7,11H,2-3,8H2,1H3,(H,16,19)(H,17,18). The van der Waals surface area contributed by atoms with Crippen LogP contribution in [0, 0.1) is 17.2 Å². The molecule has 0 radical (unpaired) electrons. The fraction of sp³-hybridized carbons (Fsp3) is 0.357. The average Bonchev–Trinajstić information content (AvgIpc) is 2.38. The van der Waals surface area contributed by atoms with Crippen LogP contribution in [0.25, 0.3) is 0 Å². The van der Waals surface area contributed by atoms with Crippen molar-refractivity contribution in [3.05, 3.63) is 29.8 Å². The Balaban J connectivity index is 2.69. The number of benzene rings is 1. The van der Waals surface area contributed by atoms with Crippen molar-refractivity contribution >= 4 is 17.6 Å². The Morgan fingerprint density at radius 2 is 2.00 bits per heavy atom. The van der Waals surface area contributed by atoms with E-state index in [4.69, 9.17) is 10.4 Å². The van der Waals surface area contributed by atoms with Gasteiger partial charge in [-0.15, -0.1) is 0 Å². The highest BCUT2D eigenvalue weighted by molar-refractivity contribution is 5.94. The first-order valence-corrected chi connectivity index (χ1v) is 6.09. The van der Waals surface area contributed by atoms with E-state index in [1.165, 1.54) is 0 Å². The Labute approximate surface area is 111 Å². The normalized spacial score (nSPS) is 11.4. The molecule has 0 aliphatic carbocycles. The van der Waals surface area contributed by atoms with E-state index < -0.39 is 11.9 Å². The van der Waals surface area contributed by atoms with E-state index in [0.29, 0.717) is 17.7 Å². The highest BCUT2D eigenvalue weighted by atomic mass is 16.4. The fourth-order valence-corrected chi connectivity index (χ4v) is 1.76. The number of hydrogen-bond acceptors (Lipinski definition) is 3. The van der Waals surface area contributed by atoms with Gasteiger partial charge in [0, 0.05) is 11.6 Å². The maximum atomic E-state index is 12.0. The van der Waals surface area contributed by atoms with Crippen molar-refractivity contribution < 1.29 is 14.7 Å². The van der Waals surface area contributed by atoms with E-state index in [0.717, 1.165) is 6.42 Å². The van der Waals surface area contributed by atoms with Crippen LogP contribution in [0.4, 0.5) is 5.69 Å². The summed E-state index contributed by atoms with van der Waals surface area (Å²) in [6.45, 7) is 1.91. The second-order valence-corrected chi connectivity index (χ2v) is 4.26. The van der Waals surface area contributed by atoms with Crippen molar-refractivity contribution in [2.75, 3.05) is 5.32 Å². The van der Waals surface area contributed by atoms with Crippen molar-refractivity contribution in [2.45, 2.75) is 26.2 Å². The number of aliphatic carboxylic acids is 1. The summed E-state index contributed by atoms with van der Waals surface area (Å²) in [5, 5.41) is 20.1. The number of amides is 1. The third-order valence-corrected chi connectivity index (χ3v) is 2.71. The molecular weight excluding hydrogens is 244 g/mol. The fourth-order valence-electron chi connectivity index (χ4n) is 1.76. The Bertz CT molecular complexity index is 488. The minimum Gasteiger partial charge on any atom is -0.481 e. The van der Waals surface area contributed by atoms with Gasteiger partial charge in [-0.05, 0) is 30.7 Å². The lowest BCUT2D eigenvalue weighted by Gasteiger charge is -2.14. The zero-order valence-electron chi connectivity index (χ0n) is 10.7. The number of carbonyl (C=O) groups is 2. The van der Waals surface area contributed by atoms with Gasteiger partial charge in [-0.25, -0.2) is 0 Å². The first-order valence-electron chi connectivity index (χ1n) is 6.09. The van der Waals surface area contributed by atoms with Crippen LogP contribution in [-0.2, 0) is 9.59 Å². The molecule has 0 aliphatic heterocycles. The highest BCUT2D eigenvalue weighted by Crippen LogP contribution is 2.16. The lowest BCUT2D eigenvalue weighted by molar-refractivity contribution is -0.140. The summed E-state index contributed by atoms with van der Waals surface area (Å²) in [7, 11) is 0. The minimum absolute atomic E-state index is 0.171. The van der Waals surface area contributed by atoms with Crippen molar-refractivity contribution in [3.63, 3.8) is 0 Å². The Morgan fingerprint density at radius 3 is 2.47 bits per heavy atom. The van der Waals surface area contributed by atoms with Crippen molar-refractivity contribution in [3.8, 4) is 6.07 Å². The van der Waals surface area contributed by atoms with Gasteiger partial charge in [-0.2, -0.15) is 5.26 Å². The molecule has 1 aromatic rings. The maximum Gasteiger partial charge on any atom is 0.304 e. The molecule has 2 N–H and O–H groups in total. The summed E-state index contributed by atoms with van der Waals surface area (Å²) in [5.74, 6) is -1.81. The van der Waals surface area contributed by atoms with Gasteiger partial charge >= 0.3 is 5.97 Å². The van der Waals surface area contributed by atoms with Crippen LogP contribution in [0.15, 0.2) is 24.3 Å². The number of carboxylic acids is 1. The monoisotopic (exact) mass is 260 g/mol. The number of nitrogens with one attached hydrogen (secondary N) is 1. The average molecular weight is 260 g/mol. The van der Waals surface area contributed by atoms with E-state index in [1.807, 2.05) is 13.0 Å². The maximum absolute atomic E-state index is 12.0. The molecule has 5 heteroatoms. The number of rotatable bonds is 6. The molecule has 1 unspecified atom stereocenters. The lowest BCUT2D eigenvalue weighted by Crippen LogP contribution is -2.25. The molecule has 100 valence electrons. The van der Waals surface area contributed by atoms with Crippen LogP contribution in [0.2, 0.25) is 0 Å². The van der Waals surface area contributed by atoms with Crippen molar-refractivity contribution in [1.29, 1.82) is 5.26 Å². The number of carbonyl (C=O) groups excluding carboxylic acids is 1. The summed E-state index contributed by atoms with van der Waals surface area (Å²) in [6, 6.07) is 8.43. The highest BCUT2D eigenvalue weighted by Gasteiger charge is 2.20. The molecule has 0 bridgehead atoms. The third kappa shape index (κ3) is 4.80. The molecule has 0 heterocycles. The predicted octanol–water partition coefficient (Wildman–Crippen LogP) is 2.39. The predicted molar refractivity (Wildman–Crippen MR) is 70.4 cm³/mol. The first kappa shape index (κ1) is 14.7. The van der Waals surface area contributed by atoms with Gasteiger partial charge in [-0.3, -0.25) is 9.59 Å². The van der Waals surface area contributed by atoms with Gasteiger partial charge in [0.25, 0.3) is 0 Å². The van der Waals surface area contributed by atoms with Crippen LogP contribution in [-0.4, -0.2) is 17.0 Å². The van der Waals surface area contributed by atoms with Crippen LogP contribution in [0.1, 0.15) is 31.7 Å². The summed E-state index contributed by atoms with van der Waals surface area (Å²) in [5.41, 5.74) is 1.07. The van der Waals surface area contributed by atoms with E-state index in [9.17, 15) is 9.59 Å². The zero-order chi connectivity index (χ0) is 14.3. The molecule has 1 amide bonds. The molecule has 1 atom stereocenters. The van der Waals surface area contributed by atoms with E-state index >= 15 is 0 Å².